The van der Waals surface area contributed by atoms with Gasteiger partial charge in [0.1, 0.15) is 28.9 Å². The Kier molecular flexibility index (Phi) is 7.20. The van der Waals surface area contributed by atoms with Crippen molar-refractivity contribution < 1.29 is 42.4 Å². The lowest BCUT2D eigenvalue weighted by Crippen LogP contribution is -2.62. The van der Waals surface area contributed by atoms with Crippen molar-refractivity contribution in [3.8, 4) is 11.5 Å². The van der Waals surface area contributed by atoms with Crippen LogP contribution in [0.15, 0.2) is 45.6 Å². The second-order valence-electron chi connectivity index (χ2n) is 9.64. The lowest BCUT2D eigenvalue weighted by molar-refractivity contribution is -0.282. The number of carbonyl (C=O) groups is 2. The van der Waals surface area contributed by atoms with Crippen LogP contribution in [0.5, 0.6) is 11.5 Å². The number of rotatable bonds is 6. The third-order valence-electron chi connectivity index (χ3n) is 6.72. The molecule has 2 aliphatic heterocycles. The van der Waals surface area contributed by atoms with Gasteiger partial charge in [0.2, 0.25) is 12.4 Å². The topological polar surface area (TPSA) is 132 Å². The molecular weight excluding hydrogens is 625 g/mol. The Hall–Kier alpha value is -3.36. The van der Waals surface area contributed by atoms with Crippen molar-refractivity contribution in [3.63, 3.8) is 0 Å². The molecule has 11 nitrogen and oxygen atoms in total. The molecule has 2 aliphatic rings. The SMILES string of the molecule is COc1ccc(C(=O)Nc2cc3ccc(O[C@@H]4OC(C)(C)[C@H](OC)[C@H]5OC(=O)OC45)c(C)c3oc2=O)cc1I. The molecule has 3 heterocycles. The van der Waals surface area contributed by atoms with E-state index in [9.17, 15) is 14.4 Å². The number of aryl methyl sites for hydroxylation is 1. The van der Waals surface area contributed by atoms with Crippen molar-refractivity contribution in [2.45, 2.75) is 51.0 Å². The quantitative estimate of drug-likeness (QED) is 0.233. The molecule has 2 fully saturated rings. The van der Waals surface area contributed by atoms with Crippen LogP contribution >= 0.6 is 22.6 Å². The summed E-state index contributed by atoms with van der Waals surface area (Å²) in [6, 6.07) is 9.85. The summed E-state index contributed by atoms with van der Waals surface area (Å²) in [7, 11) is 3.05. The van der Waals surface area contributed by atoms with Gasteiger partial charge >= 0.3 is 11.8 Å². The molecule has 3 aromatic rings. The van der Waals surface area contributed by atoms with E-state index in [4.69, 9.17) is 32.8 Å². The van der Waals surface area contributed by atoms with Crippen LogP contribution in [0, 0.1) is 10.5 Å². The molecule has 0 radical (unpaired) electrons. The Morgan fingerprint density at radius 2 is 1.74 bits per heavy atom. The number of carbonyl (C=O) groups excluding carboxylic acids is 2. The summed E-state index contributed by atoms with van der Waals surface area (Å²) in [6.07, 6.45) is -4.00. The number of hydrogen-bond acceptors (Lipinski definition) is 10. The second kappa shape index (κ2) is 10.3. The molecule has 0 spiro atoms. The first-order chi connectivity index (χ1) is 18.5. The zero-order chi connectivity index (χ0) is 28.1. The first kappa shape index (κ1) is 27.2. The molecule has 12 heteroatoms. The Labute approximate surface area is 236 Å². The van der Waals surface area contributed by atoms with E-state index in [1.54, 1.807) is 58.2 Å². The van der Waals surface area contributed by atoms with Crippen LogP contribution in [0.1, 0.15) is 29.8 Å². The molecule has 1 unspecified atom stereocenters. The first-order valence-electron chi connectivity index (χ1n) is 12.0. The highest BCUT2D eigenvalue weighted by molar-refractivity contribution is 14.1. The summed E-state index contributed by atoms with van der Waals surface area (Å²) >= 11 is 2.06. The maximum absolute atomic E-state index is 12.8. The van der Waals surface area contributed by atoms with Gasteiger partial charge in [-0.15, -0.1) is 0 Å². The summed E-state index contributed by atoms with van der Waals surface area (Å²) in [5.41, 5.74) is -0.441. The Bertz CT molecular complexity index is 1520. The first-order valence-corrected chi connectivity index (χ1v) is 13.1. The number of amides is 1. The van der Waals surface area contributed by atoms with Gasteiger partial charge in [-0.3, -0.25) is 4.79 Å². The van der Waals surface area contributed by atoms with E-state index in [2.05, 4.69) is 27.9 Å². The Morgan fingerprint density at radius 1 is 1.03 bits per heavy atom. The van der Waals surface area contributed by atoms with Crippen LogP contribution < -0.4 is 20.4 Å². The van der Waals surface area contributed by atoms with Crippen LogP contribution in [0.4, 0.5) is 10.5 Å². The third kappa shape index (κ3) is 5.03. The predicted octanol–water partition coefficient (Wildman–Crippen LogP) is 4.40. The van der Waals surface area contributed by atoms with Gasteiger partial charge in [0.15, 0.2) is 6.10 Å². The average molecular weight is 651 g/mol. The van der Waals surface area contributed by atoms with Crippen molar-refractivity contribution in [1.82, 2.24) is 0 Å². The molecule has 0 bridgehead atoms. The van der Waals surface area contributed by atoms with Crippen LogP contribution in [0.2, 0.25) is 0 Å². The summed E-state index contributed by atoms with van der Waals surface area (Å²) in [6.45, 7) is 5.32. The number of halogens is 1. The standard InChI is InChI=1S/C27H26INO10/c1-12-17(35-25-21-20(37-26(32)38-21)22(34-5)27(2,3)39-25)8-6-13-11-16(24(31)36-19(12)13)29-23(30)14-7-9-18(33-4)15(28)10-14/h6-11,20-22,25H,1-5H3,(H,29,30)/t20-,21?,22+,25+/m0/s1. The fraction of sp³-hybridized carbons (Fsp3) is 0.370. The minimum Gasteiger partial charge on any atom is -0.496 e. The monoisotopic (exact) mass is 651 g/mol. The zero-order valence-corrected chi connectivity index (χ0v) is 23.9. The number of anilines is 1. The van der Waals surface area contributed by atoms with Crippen LogP contribution in [0.3, 0.4) is 0 Å². The maximum atomic E-state index is 12.8. The molecule has 2 saturated heterocycles. The van der Waals surface area contributed by atoms with Gasteiger partial charge in [0, 0.05) is 23.6 Å². The molecule has 1 amide bonds. The Balaban J connectivity index is 1.40. The predicted molar refractivity (Wildman–Crippen MR) is 146 cm³/mol. The molecule has 0 saturated carbocycles. The van der Waals surface area contributed by atoms with Gasteiger partial charge in [0.25, 0.3) is 5.91 Å². The smallest absolute Gasteiger partial charge is 0.496 e. The van der Waals surface area contributed by atoms with Gasteiger partial charge in [-0.25, -0.2) is 9.59 Å². The number of nitrogens with one attached hydrogen (secondary N) is 1. The second-order valence-corrected chi connectivity index (χ2v) is 10.8. The lowest BCUT2D eigenvalue weighted by atomic mass is 9.89. The third-order valence-corrected chi connectivity index (χ3v) is 7.56. The molecule has 39 heavy (non-hydrogen) atoms. The van der Waals surface area contributed by atoms with Crippen LogP contribution in [0.25, 0.3) is 11.0 Å². The lowest BCUT2D eigenvalue weighted by Gasteiger charge is -2.45. The van der Waals surface area contributed by atoms with E-state index in [1.807, 2.05) is 0 Å². The number of hydrogen-bond donors (Lipinski definition) is 1. The van der Waals surface area contributed by atoms with Gasteiger partial charge in [-0.2, -0.15) is 0 Å². The molecular formula is C27H26INO10. The van der Waals surface area contributed by atoms with Crippen molar-refractivity contribution in [3.05, 3.63) is 61.5 Å². The van der Waals surface area contributed by atoms with Gasteiger partial charge in [0.05, 0.1) is 16.3 Å². The number of fused-ring (bicyclic) bond motifs is 2. The van der Waals surface area contributed by atoms with Crippen LogP contribution in [-0.2, 0) is 18.9 Å². The molecule has 206 valence electrons. The Morgan fingerprint density at radius 3 is 2.44 bits per heavy atom. The molecule has 4 atom stereocenters. The van der Waals surface area contributed by atoms with Crippen molar-refractivity contribution in [2.75, 3.05) is 19.5 Å². The fourth-order valence-corrected chi connectivity index (χ4v) is 5.55. The average Bonchev–Trinajstić information content (AvgIpc) is 3.27. The summed E-state index contributed by atoms with van der Waals surface area (Å²) in [5, 5.41) is 3.18. The number of benzene rings is 2. The highest BCUT2D eigenvalue weighted by Gasteiger charge is 2.59. The molecule has 1 N–H and O–H groups in total. The van der Waals surface area contributed by atoms with Crippen molar-refractivity contribution in [1.29, 1.82) is 0 Å². The van der Waals surface area contributed by atoms with E-state index in [-0.39, 0.29) is 11.3 Å². The molecule has 1 aromatic heterocycles. The van der Waals surface area contributed by atoms with E-state index >= 15 is 0 Å². The van der Waals surface area contributed by atoms with Gasteiger partial charge in [-0.1, -0.05) is 0 Å². The minimum atomic E-state index is -1.00. The largest absolute Gasteiger partial charge is 0.509 e. The summed E-state index contributed by atoms with van der Waals surface area (Å²) in [5.74, 6) is 0.530. The van der Waals surface area contributed by atoms with E-state index in [1.165, 1.54) is 13.2 Å². The molecule has 0 aliphatic carbocycles. The van der Waals surface area contributed by atoms with Crippen molar-refractivity contribution in [2.24, 2.45) is 0 Å². The minimum absolute atomic E-state index is 0.00720. The van der Waals surface area contributed by atoms with Gasteiger partial charge in [-0.05, 0) is 79.8 Å². The number of ether oxygens (including phenoxy) is 6. The summed E-state index contributed by atoms with van der Waals surface area (Å²) < 4.78 is 40.0. The van der Waals surface area contributed by atoms with Crippen LogP contribution in [-0.4, -0.2) is 56.5 Å². The number of methoxy groups -OCH3 is 2. The van der Waals surface area contributed by atoms with E-state index < -0.39 is 47.9 Å². The van der Waals surface area contributed by atoms with E-state index in [0.717, 1.165) is 3.57 Å². The normalized spacial score (nSPS) is 23.5. The summed E-state index contributed by atoms with van der Waals surface area (Å²) in [4.78, 5) is 37.5. The molecule has 2 aromatic carbocycles. The zero-order valence-electron chi connectivity index (χ0n) is 21.7. The fourth-order valence-electron chi connectivity index (χ4n) is 4.81. The maximum Gasteiger partial charge on any atom is 0.509 e. The van der Waals surface area contributed by atoms with Crippen molar-refractivity contribution >= 4 is 51.3 Å². The van der Waals surface area contributed by atoms with E-state index in [0.29, 0.717) is 28.0 Å². The highest BCUT2D eigenvalue weighted by atomic mass is 127. The highest BCUT2D eigenvalue weighted by Crippen LogP contribution is 2.39. The van der Waals surface area contributed by atoms with Gasteiger partial charge < -0.3 is 38.2 Å². The molecule has 5 rings (SSSR count).